The first-order valence-electron chi connectivity index (χ1n) is 10.1. The van der Waals surface area contributed by atoms with E-state index in [0.717, 1.165) is 32.1 Å². The zero-order valence-electron chi connectivity index (χ0n) is 17.2. The molecule has 1 aromatic heterocycles. The van der Waals surface area contributed by atoms with Crippen LogP contribution in [0.15, 0.2) is 16.3 Å². The lowest BCUT2D eigenvalue weighted by atomic mass is 9.89. The van der Waals surface area contributed by atoms with Crippen LogP contribution in [0.4, 0.5) is 4.39 Å². The van der Waals surface area contributed by atoms with Crippen molar-refractivity contribution in [1.29, 1.82) is 0 Å². The average molecular weight is 410 g/mol. The summed E-state index contributed by atoms with van der Waals surface area (Å²) in [6.07, 6.45) is 5.70. The van der Waals surface area contributed by atoms with E-state index in [1.54, 1.807) is 27.7 Å². The van der Waals surface area contributed by atoms with Crippen LogP contribution in [0.25, 0.3) is 0 Å². The van der Waals surface area contributed by atoms with Crippen molar-refractivity contribution in [3.05, 3.63) is 17.7 Å². The summed E-state index contributed by atoms with van der Waals surface area (Å²) in [6.45, 7) is 7.09. The number of hydrogen-bond donors (Lipinski definition) is 0. The zero-order valence-corrected chi connectivity index (χ0v) is 17.2. The first-order chi connectivity index (χ1) is 13.6. The van der Waals surface area contributed by atoms with Crippen LogP contribution in [0.3, 0.4) is 0 Å². The summed E-state index contributed by atoms with van der Waals surface area (Å²) in [4.78, 5) is 12.5. The van der Waals surface area contributed by atoms with Crippen molar-refractivity contribution in [3.63, 3.8) is 0 Å². The molecule has 1 aliphatic carbocycles. The van der Waals surface area contributed by atoms with Crippen LogP contribution in [0, 0.1) is 5.92 Å². The minimum atomic E-state index is -1.09. The zero-order chi connectivity index (χ0) is 20.8. The van der Waals surface area contributed by atoms with E-state index in [-0.39, 0.29) is 35.7 Å². The SMILES string of the molecule is CC1(C)Oc2oc(C3COC(C)(C)O3)c(OC(=O)/C(F)=C\C3CCCCC3)c2O1. The second-order valence-corrected chi connectivity index (χ2v) is 8.64. The molecule has 1 saturated carbocycles. The molecule has 0 N–H and O–H groups in total. The summed E-state index contributed by atoms with van der Waals surface area (Å²) in [5.41, 5.74) is 0. The highest BCUT2D eigenvalue weighted by Gasteiger charge is 2.45. The molecule has 3 heterocycles. The van der Waals surface area contributed by atoms with Gasteiger partial charge in [0.1, 0.15) is 6.10 Å². The molecule has 29 heavy (non-hydrogen) atoms. The predicted octanol–water partition coefficient (Wildman–Crippen LogP) is 4.95. The summed E-state index contributed by atoms with van der Waals surface area (Å²) in [7, 11) is 0. The van der Waals surface area contributed by atoms with Crippen molar-refractivity contribution in [3.8, 4) is 17.4 Å². The van der Waals surface area contributed by atoms with E-state index in [1.165, 1.54) is 6.08 Å². The Hall–Kier alpha value is -2.06. The molecule has 0 bridgehead atoms. The third-order valence-electron chi connectivity index (χ3n) is 5.23. The molecule has 160 valence electrons. The van der Waals surface area contributed by atoms with Crippen LogP contribution in [0.5, 0.6) is 17.4 Å². The van der Waals surface area contributed by atoms with Crippen molar-refractivity contribution >= 4 is 5.97 Å². The molecule has 0 spiro atoms. The molecular weight excluding hydrogens is 383 g/mol. The third-order valence-corrected chi connectivity index (χ3v) is 5.23. The Labute approximate surface area is 169 Å². The molecule has 0 aromatic carbocycles. The molecule has 1 saturated heterocycles. The molecule has 8 heteroatoms. The first kappa shape index (κ1) is 20.2. The van der Waals surface area contributed by atoms with Crippen LogP contribution >= 0.6 is 0 Å². The van der Waals surface area contributed by atoms with Crippen LogP contribution < -0.4 is 14.2 Å². The fourth-order valence-corrected chi connectivity index (χ4v) is 3.88. The highest BCUT2D eigenvalue weighted by molar-refractivity contribution is 5.88. The van der Waals surface area contributed by atoms with E-state index >= 15 is 0 Å². The molecule has 0 amide bonds. The lowest BCUT2D eigenvalue weighted by Gasteiger charge is -2.19. The Kier molecular flexibility index (Phi) is 5.11. The van der Waals surface area contributed by atoms with Crippen molar-refractivity contribution in [1.82, 2.24) is 0 Å². The maximum atomic E-state index is 14.5. The number of fused-ring (bicyclic) bond motifs is 1. The molecule has 3 aliphatic rings. The lowest BCUT2D eigenvalue weighted by Crippen LogP contribution is -2.30. The largest absolute Gasteiger partial charge is 0.441 e. The van der Waals surface area contributed by atoms with Crippen LogP contribution in [-0.2, 0) is 14.3 Å². The fraction of sp³-hybridized carbons (Fsp3) is 0.667. The Balaban J connectivity index is 1.58. The fourth-order valence-electron chi connectivity index (χ4n) is 3.88. The normalized spacial score (nSPS) is 26.0. The lowest BCUT2D eigenvalue weighted by molar-refractivity contribution is -0.142. The Morgan fingerprint density at radius 2 is 1.83 bits per heavy atom. The van der Waals surface area contributed by atoms with E-state index in [4.69, 9.17) is 28.1 Å². The maximum absolute atomic E-state index is 14.5. The number of furan rings is 1. The molecular formula is C21H27FO7. The number of halogens is 1. The third kappa shape index (κ3) is 4.28. The Morgan fingerprint density at radius 3 is 2.48 bits per heavy atom. The van der Waals surface area contributed by atoms with E-state index < -0.39 is 29.5 Å². The van der Waals surface area contributed by atoms with Gasteiger partial charge < -0.3 is 28.1 Å². The summed E-state index contributed by atoms with van der Waals surface area (Å²) in [6, 6.07) is 0. The van der Waals surface area contributed by atoms with Gasteiger partial charge in [-0.15, -0.1) is 0 Å². The second-order valence-electron chi connectivity index (χ2n) is 8.64. The van der Waals surface area contributed by atoms with Crippen LogP contribution in [-0.4, -0.2) is 24.2 Å². The van der Waals surface area contributed by atoms with Gasteiger partial charge >= 0.3 is 11.9 Å². The smallest absolute Gasteiger partial charge is 0.372 e. The number of hydrogen-bond acceptors (Lipinski definition) is 7. The summed E-state index contributed by atoms with van der Waals surface area (Å²) in [5, 5.41) is 0. The number of ether oxygens (including phenoxy) is 5. The van der Waals surface area contributed by atoms with Gasteiger partial charge in [-0.2, -0.15) is 4.39 Å². The minimum Gasteiger partial charge on any atom is -0.441 e. The number of rotatable bonds is 4. The molecule has 1 unspecified atom stereocenters. The summed E-state index contributed by atoms with van der Waals surface area (Å²) >= 11 is 0. The van der Waals surface area contributed by atoms with Crippen molar-refractivity contribution in [2.45, 2.75) is 77.5 Å². The van der Waals surface area contributed by atoms with Crippen LogP contribution in [0.1, 0.15) is 71.7 Å². The number of esters is 1. The molecule has 2 aliphatic heterocycles. The van der Waals surface area contributed by atoms with Gasteiger partial charge in [0, 0.05) is 13.8 Å². The molecule has 2 fully saturated rings. The number of allylic oxidation sites excluding steroid dienone is 1. The average Bonchev–Trinajstić information content (AvgIpc) is 3.26. The Bertz CT molecular complexity index is 817. The Morgan fingerprint density at radius 1 is 1.10 bits per heavy atom. The molecule has 1 atom stereocenters. The predicted molar refractivity (Wildman–Crippen MR) is 99.3 cm³/mol. The molecule has 1 aromatic rings. The molecule has 0 radical (unpaired) electrons. The van der Waals surface area contributed by atoms with Crippen LogP contribution in [0.2, 0.25) is 0 Å². The quantitative estimate of drug-likeness (QED) is 0.513. The van der Waals surface area contributed by atoms with Crippen molar-refractivity contribution in [2.24, 2.45) is 5.92 Å². The molecule has 7 nitrogen and oxygen atoms in total. The van der Waals surface area contributed by atoms with Gasteiger partial charge in [-0.1, -0.05) is 19.3 Å². The van der Waals surface area contributed by atoms with Crippen molar-refractivity contribution in [2.75, 3.05) is 6.61 Å². The van der Waals surface area contributed by atoms with Gasteiger partial charge in [0.25, 0.3) is 5.75 Å². The van der Waals surface area contributed by atoms with Gasteiger partial charge in [0.15, 0.2) is 11.5 Å². The van der Waals surface area contributed by atoms with E-state index in [9.17, 15) is 9.18 Å². The second kappa shape index (κ2) is 7.32. The van der Waals surface area contributed by atoms with Gasteiger partial charge in [0.2, 0.25) is 17.4 Å². The van der Waals surface area contributed by atoms with Crippen molar-refractivity contribution < 1.29 is 37.3 Å². The monoisotopic (exact) mass is 410 g/mol. The van der Waals surface area contributed by atoms with E-state index in [0.29, 0.717) is 0 Å². The van der Waals surface area contributed by atoms with Gasteiger partial charge in [0.05, 0.1) is 6.61 Å². The summed E-state index contributed by atoms with van der Waals surface area (Å²) in [5.74, 6) is -3.44. The van der Waals surface area contributed by atoms with Gasteiger partial charge in [-0.25, -0.2) is 4.79 Å². The van der Waals surface area contributed by atoms with E-state index in [2.05, 4.69) is 0 Å². The number of carbonyl (C=O) groups is 1. The van der Waals surface area contributed by atoms with Gasteiger partial charge in [-0.3, -0.25) is 0 Å². The minimum absolute atomic E-state index is 0.0333. The number of carbonyl (C=O) groups excluding carboxylic acids is 1. The standard InChI is InChI=1S/C21H27FO7/c1-20(2)24-11-14(27-20)15-16(17-19(26-15)29-21(3,4)28-17)25-18(23)13(22)10-12-8-6-5-7-9-12/h10,12,14H,5-9,11H2,1-4H3/b13-10+. The van der Waals surface area contributed by atoms with Gasteiger partial charge in [-0.05, 0) is 38.7 Å². The van der Waals surface area contributed by atoms with E-state index in [1.807, 2.05) is 0 Å². The molecule has 4 rings (SSSR count). The maximum Gasteiger partial charge on any atom is 0.372 e. The highest BCUT2D eigenvalue weighted by Crippen LogP contribution is 2.54. The highest BCUT2D eigenvalue weighted by atomic mass is 19.1. The topological polar surface area (TPSA) is 76.4 Å². The first-order valence-corrected chi connectivity index (χ1v) is 10.1. The summed E-state index contributed by atoms with van der Waals surface area (Å²) < 4.78 is 48.3.